The normalized spacial score (nSPS) is 28.9. The van der Waals surface area contributed by atoms with Crippen molar-refractivity contribution in [2.75, 3.05) is 5.75 Å². The molecule has 3 atom stereocenters. The van der Waals surface area contributed by atoms with Gasteiger partial charge in [0, 0.05) is 17.0 Å². The van der Waals surface area contributed by atoms with Gasteiger partial charge in [-0.05, 0) is 12.5 Å². The van der Waals surface area contributed by atoms with Crippen LogP contribution in [0.2, 0.25) is 0 Å². The zero-order valence-corrected chi connectivity index (χ0v) is 10.8. The molecule has 1 aromatic carbocycles. The summed E-state index contributed by atoms with van der Waals surface area (Å²) in [6.45, 7) is 4.19. The van der Waals surface area contributed by atoms with Gasteiger partial charge in [-0.2, -0.15) is 11.8 Å². The Bertz CT molecular complexity index is 404. The van der Waals surface area contributed by atoms with Crippen LogP contribution in [-0.2, 0) is 4.79 Å². The summed E-state index contributed by atoms with van der Waals surface area (Å²) in [7, 11) is 0. The van der Waals surface area contributed by atoms with Crippen molar-refractivity contribution in [3.63, 3.8) is 0 Å². The predicted molar refractivity (Wildman–Crippen MR) is 70.4 cm³/mol. The number of nitrogens with one attached hydrogen (secondary N) is 1. The molecule has 0 aromatic heterocycles. The number of carboxylic acids is 1. The Morgan fingerprint density at radius 3 is 2.65 bits per heavy atom. The molecule has 1 aliphatic rings. The van der Waals surface area contributed by atoms with Crippen LogP contribution in [0.15, 0.2) is 24.3 Å². The van der Waals surface area contributed by atoms with Crippen LogP contribution in [0.25, 0.3) is 0 Å². The lowest BCUT2D eigenvalue weighted by molar-refractivity contribution is -0.139. The Morgan fingerprint density at radius 2 is 2.06 bits per heavy atom. The molecule has 0 amide bonds. The van der Waals surface area contributed by atoms with Crippen molar-refractivity contribution < 1.29 is 9.90 Å². The van der Waals surface area contributed by atoms with Crippen LogP contribution in [0, 0.1) is 6.92 Å². The summed E-state index contributed by atoms with van der Waals surface area (Å²) in [5, 5.41) is 12.7. The van der Waals surface area contributed by atoms with Crippen LogP contribution in [0.1, 0.15) is 24.1 Å². The molecule has 0 spiro atoms. The molecule has 0 radical (unpaired) electrons. The molecule has 3 unspecified atom stereocenters. The number of thioether (sulfide) groups is 1. The first-order valence-electron chi connectivity index (χ1n) is 5.75. The zero-order valence-electron chi connectivity index (χ0n) is 10.0. The maximum atomic E-state index is 11.0. The van der Waals surface area contributed by atoms with Crippen LogP contribution in [0.4, 0.5) is 0 Å². The molecule has 0 aliphatic carbocycles. The Kier molecular flexibility index (Phi) is 3.74. The fourth-order valence-electron chi connectivity index (χ4n) is 2.03. The highest BCUT2D eigenvalue weighted by Crippen LogP contribution is 2.31. The smallest absolute Gasteiger partial charge is 0.321 e. The minimum atomic E-state index is -0.762. The third kappa shape index (κ3) is 2.82. The van der Waals surface area contributed by atoms with Gasteiger partial charge in [0.05, 0.1) is 0 Å². The molecule has 0 saturated carbocycles. The molecule has 1 aliphatic heterocycles. The van der Waals surface area contributed by atoms with Gasteiger partial charge in [0.15, 0.2) is 0 Å². The summed E-state index contributed by atoms with van der Waals surface area (Å²) in [5.41, 5.74) is 2.39. The number of benzene rings is 1. The first-order chi connectivity index (χ1) is 8.08. The average Bonchev–Trinajstić information content (AvgIpc) is 2.31. The van der Waals surface area contributed by atoms with Crippen LogP contribution in [-0.4, -0.2) is 28.1 Å². The van der Waals surface area contributed by atoms with Crippen LogP contribution >= 0.6 is 11.8 Å². The number of aliphatic carboxylic acids is 1. The molecule has 4 heteroatoms. The molecule has 17 heavy (non-hydrogen) atoms. The topological polar surface area (TPSA) is 49.3 Å². The van der Waals surface area contributed by atoms with Crippen molar-refractivity contribution >= 4 is 17.7 Å². The highest BCUT2D eigenvalue weighted by molar-refractivity contribution is 8.00. The van der Waals surface area contributed by atoms with E-state index in [4.69, 9.17) is 5.11 Å². The van der Waals surface area contributed by atoms with Crippen molar-refractivity contribution in [1.29, 1.82) is 0 Å². The first kappa shape index (κ1) is 12.5. The van der Waals surface area contributed by atoms with E-state index in [2.05, 4.69) is 43.4 Å². The lowest BCUT2D eigenvalue weighted by Crippen LogP contribution is -2.47. The fourth-order valence-corrected chi connectivity index (χ4v) is 3.19. The number of carboxylic acid groups (broad SMARTS) is 1. The van der Waals surface area contributed by atoms with E-state index in [1.165, 1.54) is 11.1 Å². The van der Waals surface area contributed by atoms with Crippen LogP contribution in [0.5, 0.6) is 0 Å². The third-order valence-electron chi connectivity index (χ3n) is 3.11. The number of rotatable bonds is 2. The molecule has 2 rings (SSSR count). The van der Waals surface area contributed by atoms with Gasteiger partial charge >= 0.3 is 5.97 Å². The quantitative estimate of drug-likeness (QED) is 0.846. The lowest BCUT2D eigenvalue weighted by atomic mass is 10.0. The Balaban J connectivity index is 2.17. The molecule has 92 valence electrons. The Hall–Kier alpha value is -1.00. The van der Waals surface area contributed by atoms with Crippen molar-refractivity contribution in [1.82, 2.24) is 5.32 Å². The molecule has 0 bridgehead atoms. The van der Waals surface area contributed by atoms with Crippen LogP contribution < -0.4 is 5.32 Å². The molecule has 1 aromatic rings. The highest BCUT2D eigenvalue weighted by atomic mass is 32.2. The van der Waals surface area contributed by atoms with Gasteiger partial charge in [0.2, 0.25) is 0 Å². The van der Waals surface area contributed by atoms with E-state index >= 15 is 0 Å². The van der Waals surface area contributed by atoms with E-state index in [1.54, 1.807) is 11.8 Å². The van der Waals surface area contributed by atoms with Gasteiger partial charge in [0.25, 0.3) is 0 Å². The maximum Gasteiger partial charge on any atom is 0.321 e. The van der Waals surface area contributed by atoms with Gasteiger partial charge < -0.3 is 5.11 Å². The van der Waals surface area contributed by atoms with Gasteiger partial charge in [-0.25, -0.2) is 0 Å². The zero-order chi connectivity index (χ0) is 12.4. The van der Waals surface area contributed by atoms with Crippen molar-refractivity contribution in [2.24, 2.45) is 0 Å². The van der Waals surface area contributed by atoms with E-state index in [-0.39, 0.29) is 6.04 Å². The van der Waals surface area contributed by atoms with E-state index in [9.17, 15) is 4.79 Å². The molecule has 1 saturated heterocycles. The summed E-state index contributed by atoms with van der Waals surface area (Å²) in [6.07, 6.45) is 0. The number of hydrogen-bond acceptors (Lipinski definition) is 3. The molecular weight excluding hydrogens is 234 g/mol. The summed E-state index contributed by atoms with van der Waals surface area (Å²) in [6, 6.07) is 7.97. The fraction of sp³-hybridized carbons (Fsp3) is 0.462. The van der Waals surface area contributed by atoms with E-state index in [0.717, 1.165) is 0 Å². The number of hydrogen-bond donors (Lipinski definition) is 2. The Morgan fingerprint density at radius 1 is 1.41 bits per heavy atom. The van der Waals surface area contributed by atoms with Gasteiger partial charge in [-0.15, -0.1) is 0 Å². The van der Waals surface area contributed by atoms with Gasteiger partial charge in [0.1, 0.15) is 6.04 Å². The second kappa shape index (κ2) is 5.10. The summed E-state index contributed by atoms with van der Waals surface area (Å²) >= 11 is 1.72. The largest absolute Gasteiger partial charge is 0.480 e. The third-order valence-corrected chi connectivity index (χ3v) is 4.43. The van der Waals surface area contributed by atoms with Crippen molar-refractivity contribution in [3.05, 3.63) is 35.4 Å². The second-order valence-corrected chi connectivity index (χ2v) is 5.89. The van der Waals surface area contributed by atoms with E-state index < -0.39 is 12.0 Å². The molecule has 2 N–H and O–H groups in total. The number of carbonyl (C=O) groups is 1. The summed E-state index contributed by atoms with van der Waals surface area (Å²) < 4.78 is 0. The van der Waals surface area contributed by atoms with Gasteiger partial charge in [-0.3, -0.25) is 10.1 Å². The van der Waals surface area contributed by atoms with Crippen molar-refractivity contribution in [3.8, 4) is 0 Å². The molecule has 3 nitrogen and oxygen atoms in total. The van der Waals surface area contributed by atoms with Crippen molar-refractivity contribution in [2.45, 2.75) is 31.2 Å². The highest BCUT2D eigenvalue weighted by Gasteiger charge is 2.31. The average molecular weight is 251 g/mol. The maximum absolute atomic E-state index is 11.0. The number of aryl methyl sites for hydroxylation is 1. The van der Waals surface area contributed by atoms with E-state index in [1.807, 2.05) is 0 Å². The molecule has 1 fully saturated rings. The van der Waals surface area contributed by atoms with Crippen LogP contribution in [0.3, 0.4) is 0 Å². The Labute approximate surface area is 106 Å². The van der Waals surface area contributed by atoms with E-state index in [0.29, 0.717) is 11.0 Å². The second-order valence-electron chi connectivity index (χ2n) is 4.48. The summed E-state index contributed by atoms with van der Waals surface area (Å²) in [5.74, 6) is -0.125. The SMILES string of the molecule is Cc1ccc(C2NC(C(=O)O)CSC2C)cc1. The first-order valence-corrected chi connectivity index (χ1v) is 6.80. The predicted octanol–water partition coefficient (Wildman–Crippen LogP) is 2.21. The monoisotopic (exact) mass is 251 g/mol. The molecular formula is C13H17NO2S. The lowest BCUT2D eigenvalue weighted by Gasteiger charge is -2.34. The minimum Gasteiger partial charge on any atom is -0.480 e. The minimum absolute atomic E-state index is 0.121. The summed E-state index contributed by atoms with van der Waals surface area (Å²) in [4.78, 5) is 11.0. The standard InChI is InChI=1S/C13H17NO2S/c1-8-3-5-10(6-4-8)12-9(2)17-7-11(14-12)13(15)16/h3-6,9,11-12,14H,7H2,1-2H3,(H,15,16). The molecule has 1 heterocycles. The van der Waals surface area contributed by atoms with Gasteiger partial charge in [-0.1, -0.05) is 36.8 Å².